The lowest BCUT2D eigenvalue weighted by molar-refractivity contribution is 0.218. The van der Waals surface area contributed by atoms with Crippen LogP contribution in [0.1, 0.15) is 45.8 Å². The van der Waals surface area contributed by atoms with E-state index in [1.54, 1.807) is 0 Å². The largest absolute Gasteiger partial charge is 0.338 e. The number of aromatic nitrogens is 2. The quantitative estimate of drug-likeness (QED) is 0.912. The Morgan fingerprint density at radius 2 is 2.11 bits per heavy atom. The molecule has 2 N–H and O–H groups in total. The van der Waals surface area contributed by atoms with Crippen LogP contribution in [0.3, 0.4) is 0 Å². The molecule has 1 fully saturated rings. The number of nitrogens with zero attached hydrogens (tertiary/aromatic N) is 3. The molecule has 2 heterocycles. The first-order valence-electron chi connectivity index (χ1n) is 6.22. The summed E-state index contributed by atoms with van der Waals surface area (Å²) in [7, 11) is 0. The molecule has 1 saturated heterocycles. The third kappa shape index (κ3) is 3.43. The molecule has 0 spiro atoms. The highest BCUT2D eigenvalue weighted by Gasteiger charge is 2.28. The summed E-state index contributed by atoms with van der Waals surface area (Å²) < 4.78 is 5.25. The molecule has 0 amide bonds. The molecule has 2 rings (SSSR count). The average molecular weight is 275 g/mol. The molecular weight excluding hydrogens is 252 g/mol. The van der Waals surface area contributed by atoms with E-state index in [1.807, 2.05) is 13.8 Å². The lowest BCUT2D eigenvalue weighted by Crippen LogP contribution is -2.30. The van der Waals surface area contributed by atoms with E-state index in [4.69, 9.17) is 10.3 Å². The molecule has 1 aromatic rings. The lowest BCUT2D eigenvalue weighted by Gasteiger charge is -2.18. The van der Waals surface area contributed by atoms with Gasteiger partial charge < -0.3 is 10.3 Å². The maximum absolute atomic E-state index is 5.93. The van der Waals surface area contributed by atoms with Gasteiger partial charge in [-0.3, -0.25) is 4.90 Å². The van der Waals surface area contributed by atoms with Crippen molar-refractivity contribution >= 4 is 12.4 Å². The summed E-state index contributed by atoms with van der Waals surface area (Å²) >= 11 is 0. The van der Waals surface area contributed by atoms with Crippen LogP contribution in [-0.2, 0) is 12.1 Å². The van der Waals surface area contributed by atoms with E-state index in [9.17, 15) is 0 Å². The Hall–Kier alpha value is -0.650. The van der Waals surface area contributed by atoms with Gasteiger partial charge in [0.15, 0.2) is 5.82 Å². The Morgan fingerprint density at radius 1 is 1.44 bits per heavy atom. The second-order valence-corrected chi connectivity index (χ2v) is 5.85. The summed E-state index contributed by atoms with van der Waals surface area (Å²) in [6.45, 7) is 10.1. The fourth-order valence-corrected chi connectivity index (χ4v) is 2.36. The molecule has 0 bridgehead atoms. The van der Waals surface area contributed by atoms with Crippen LogP contribution in [0.15, 0.2) is 4.52 Å². The SMILES string of the molecule is CC1CC(C)N(Cc2nc(C(C)(C)N)no2)C1.Cl. The van der Waals surface area contributed by atoms with Crippen LogP contribution in [0.25, 0.3) is 0 Å². The highest BCUT2D eigenvalue weighted by atomic mass is 35.5. The Labute approximate surface area is 115 Å². The van der Waals surface area contributed by atoms with Gasteiger partial charge in [-0.05, 0) is 33.1 Å². The van der Waals surface area contributed by atoms with Crippen LogP contribution < -0.4 is 5.73 Å². The molecule has 0 aliphatic carbocycles. The van der Waals surface area contributed by atoms with Crippen molar-refractivity contribution in [3.05, 3.63) is 11.7 Å². The molecule has 0 aromatic carbocycles. The van der Waals surface area contributed by atoms with E-state index in [0.717, 1.165) is 19.0 Å². The zero-order valence-electron chi connectivity index (χ0n) is 11.5. The van der Waals surface area contributed by atoms with Crippen molar-refractivity contribution in [1.29, 1.82) is 0 Å². The average Bonchev–Trinajstić information content (AvgIpc) is 2.74. The highest BCUT2D eigenvalue weighted by Crippen LogP contribution is 2.24. The molecule has 2 unspecified atom stereocenters. The summed E-state index contributed by atoms with van der Waals surface area (Å²) in [4.78, 5) is 6.74. The smallest absolute Gasteiger partial charge is 0.240 e. The van der Waals surface area contributed by atoms with Gasteiger partial charge in [0.25, 0.3) is 0 Å². The van der Waals surface area contributed by atoms with Gasteiger partial charge in [-0.1, -0.05) is 12.1 Å². The molecule has 0 saturated carbocycles. The van der Waals surface area contributed by atoms with Gasteiger partial charge >= 0.3 is 0 Å². The topological polar surface area (TPSA) is 68.2 Å². The van der Waals surface area contributed by atoms with Gasteiger partial charge in [0.2, 0.25) is 5.89 Å². The Bertz CT molecular complexity index is 388. The van der Waals surface area contributed by atoms with E-state index in [2.05, 4.69) is 28.9 Å². The zero-order valence-corrected chi connectivity index (χ0v) is 12.3. The molecule has 5 nitrogen and oxygen atoms in total. The maximum atomic E-state index is 5.93. The fourth-order valence-electron chi connectivity index (χ4n) is 2.36. The van der Waals surface area contributed by atoms with Gasteiger partial charge in [0.05, 0.1) is 12.1 Å². The second-order valence-electron chi connectivity index (χ2n) is 5.85. The zero-order chi connectivity index (χ0) is 12.6. The second kappa shape index (κ2) is 5.55. The van der Waals surface area contributed by atoms with Gasteiger partial charge in [-0.2, -0.15) is 4.98 Å². The van der Waals surface area contributed by atoms with E-state index in [0.29, 0.717) is 17.8 Å². The number of nitrogens with two attached hydrogens (primary N) is 1. The van der Waals surface area contributed by atoms with Crippen LogP contribution in [0.4, 0.5) is 0 Å². The normalized spacial score (nSPS) is 25.2. The standard InChI is InChI=1S/C12H22N4O.ClH/c1-8-5-9(2)16(6-8)7-10-14-11(15-17-10)12(3,4)13;/h8-9H,5-7,13H2,1-4H3;1H. The summed E-state index contributed by atoms with van der Waals surface area (Å²) in [5.41, 5.74) is 5.39. The molecule has 6 heteroatoms. The minimum Gasteiger partial charge on any atom is -0.338 e. The van der Waals surface area contributed by atoms with Crippen molar-refractivity contribution in [3.63, 3.8) is 0 Å². The number of rotatable bonds is 3. The summed E-state index contributed by atoms with van der Waals surface area (Å²) in [6, 6.07) is 0.589. The molecule has 0 radical (unpaired) electrons. The van der Waals surface area contributed by atoms with E-state index in [1.165, 1.54) is 6.42 Å². The first-order chi connectivity index (χ1) is 7.86. The Morgan fingerprint density at radius 3 is 2.56 bits per heavy atom. The van der Waals surface area contributed by atoms with Gasteiger partial charge in [-0.15, -0.1) is 12.4 Å². The van der Waals surface area contributed by atoms with Crippen molar-refractivity contribution in [3.8, 4) is 0 Å². The fraction of sp³-hybridized carbons (Fsp3) is 0.833. The molecule has 104 valence electrons. The third-order valence-electron chi connectivity index (χ3n) is 3.30. The summed E-state index contributed by atoms with van der Waals surface area (Å²) in [5.74, 6) is 1.99. The van der Waals surface area contributed by atoms with Crippen molar-refractivity contribution < 1.29 is 4.52 Å². The van der Waals surface area contributed by atoms with Crippen LogP contribution in [0.5, 0.6) is 0 Å². The predicted octanol–water partition coefficient (Wildman–Crippen LogP) is 1.92. The van der Waals surface area contributed by atoms with Gasteiger partial charge in [0, 0.05) is 12.6 Å². The first-order valence-corrected chi connectivity index (χ1v) is 6.22. The molecule has 2 atom stereocenters. The molecule has 1 aliphatic heterocycles. The summed E-state index contributed by atoms with van der Waals surface area (Å²) in [6.07, 6.45) is 1.24. The van der Waals surface area contributed by atoms with Crippen LogP contribution >= 0.6 is 12.4 Å². The lowest BCUT2D eigenvalue weighted by atomic mass is 10.1. The van der Waals surface area contributed by atoms with Gasteiger partial charge in [-0.25, -0.2) is 0 Å². The highest BCUT2D eigenvalue weighted by molar-refractivity contribution is 5.85. The summed E-state index contributed by atoms with van der Waals surface area (Å²) in [5, 5.41) is 3.94. The minimum absolute atomic E-state index is 0. The molecule has 1 aromatic heterocycles. The monoisotopic (exact) mass is 274 g/mol. The van der Waals surface area contributed by atoms with Crippen molar-refractivity contribution in [2.75, 3.05) is 6.54 Å². The number of hydrogen-bond donors (Lipinski definition) is 1. The van der Waals surface area contributed by atoms with Crippen LogP contribution in [-0.4, -0.2) is 27.6 Å². The molecular formula is C12H23ClN4O. The minimum atomic E-state index is -0.536. The van der Waals surface area contributed by atoms with Crippen LogP contribution in [0.2, 0.25) is 0 Å². The number of halogens is 1. The van der Waals surface area contributed by atoms with E-state index >= 15 is 0 Å². The van der Waals surface area contributed by atoms with Gasteiger partial charge in [0.1, 0.15) is 0 Å². The van der Waals surface area contributed by atoms with Crippen molar-refractivity contribution in [2.24, 2.45) is 11.7 Å². The predicted molar refractivity (Wildman–Crippen MR) is 72.4 cm³/mol. The van der Waals surface area contributed by atoms with Crippen LogP contribution in [0, 0.1) is 5.92 Å². The molecule has 18 heavy (non-hydrogen) atoms. The Kier molecular flexibility index (Phi) is 4.75. The molecule has 1 aliphatic rings. The Balaban J connectivity index is 0.00000162. The third-order valence-corrected chi connectivity index (χ3v) is 3.30. The maximum Gasteiger partial charge on any atom is 0.240 e. The van der Waals surface area contributed by atoms with E-state index < -0.39 is 5.54 Å². The number of hydrogen-bond acceptors (Lipinski definition) is 5. The first kappa shape index (κ1) is 15.4. The van der Waals surface area contributed by atoms with E-state index in [-0.39, 0.29) is 12.4 Å². The van der Waals surface area contributed by atoms with Crippen molar-refractivity contribution in [2.45, 2.75) is 52.2 Å². The number of likely N-dealkylation sites (tertiary alicyclic amines) is 1. The van der Waals surface area contributed by atoms with Crippen molar-refractivity contribution in [1.82, 2.24) is 15.0 Å².